The lowest BCUT2D eigenvalue weighted by atomic mass is 9.52. The number of hydrogen-bond acceptors (Lipinski definition) is 5. The number of rotatable bonds is 4. The molecular weight excluding hydrogens is 350 g/mol. The van der Waals surface area contributed by atoms with Crippen LogP contribution in [0.4, 0.5) is 11.8 Å². The van der Waals surface area contributed by atoms with Crippen molar-refractivity contribution in [3.63, 3.8) is 0 Å². The van der Waals surface area contributed by atoms with E-state index in [4.69, 9.17) is 0 Å². The third-order valence-corrected chi connectivity index (χ3v) is 7.36. The summed E-state index contributed by atoms with van der Waals surface area (Å²) in [6, 6.07) is 3.88. The van der Waals surface area contributed by atoms with E-state index in [1.807, 2.05) is 18.2 Å². The second-order valence-corrected chi connectivity index (χ2v) is 9.03. The van der Waals surface area contributed by atoms with Crippen molar-refractivity contribution in [2.45, 2.75) is 32.1 Å². The van der Waals surface area contributed by atoms with Gasteiger partial charge in [-0.2, -0.15) is 4.98 Å². The number of aromatic hydroxyl groups is 1. The van der Waals surface area contributed by atoms with Gasteiger partial charge in [0.2, 0.25) is 11.8 Å². The molecule has 144 valence electrons. The van der Waals surface area contributed by atoms with Crippen molar-refractivity contribution in [1.29, 1.82) is 0 Å². The second kappa shape index (κ2) is 6.19. The van der Waals surface area contributed by atoms with Gasteiger partial charge in [-0.15, -0.1) is 0 Å². The van der Waals surface area contributed by atoms with Crippen molar-refractivity contribution in [3.8, 4) is 5.88 Å². The molecule has 28 heavy (non-hydrogen) atoms. The van der Waals surface area contributed by atoms with Crippen LogP contribution in [0.3, 0.4) is 0 Å². The molecule has 1 aliphatic heterocycles. The summed E-state index contributed by atoms with van der Waals surface area (Å²) in [7, 11) is 0. The van der Waals surface area contributed by atoms with Gasteiger partial charge < -0.3 is 15.4 Å². The summed E-state index contributed by atoms with van der Waals surface area (Å²) in [5.41, 5.74) is 2.50. The first-order valence-electron chi connectivity index (χ1n) is 10.5. The highest BCUT2D eigenvalue weighted by atomic mass is 16.3. The lowest BCUT2D eigenvalue weighted by molar-refractivity contribution is -0.0305. The maximum absolute atomic E-state index is 10.3. The molecule has 0 atom stereocenters. The number of allylic oxidation sites excluding steroid dienone is 1. The number of nitrogens with zero attached hydrogens (tertiary/aromatic N) is 3. The fourth-order valence-electron chi connectivity index (χ4n) is 6.34. The number of H-pyrrole nitrogens is 1. The molecular formula is C22H25N5O. The van der Waals surface area contributed by atoms with Crippen molar-refractivity contribution in [2.24, 2.45) is 34.6 Å². The molecule has 0 saturated heterocycles. The predicted octanol–water partition coefficient (Wildman–Crippen LogP) is 4.25. The molecule has 3 heterocycles. The molecule has 0 amide bonds. The minimum Gasteiger partial charge on any atom is -0.492 e. The summed E-state index contributed by atoms with van der Waals surface area (Å²) < 4.78 is 0. The van der Waals surface area contributed by atoms with E-state index in [9.17, 15) is 5.11 Å². The topological polar surface area (TPSA) is 86.2 Å². The smallest absolute Gasteiger partial charge is 0.238 e. The summed E-state index contributed by atoms with van der Waals surface area (Å²) in [6.07, 6.45) is 12.6. The molecule has 5 aliphatic rings. The minimum absolute atomic E-state index is 0.0193. The van der Waals surface area contributed by atoms with Gasteiger partial charge in [0, 0.05) is 30.1 Å². The van der Waals surface area contributed by atoms with Crippen LogP contribution in [-0.4, -0.2) is 32.8 Å². The summed E-state index contributed by atoms with van der Waals surface area (Å²) in [5, 5.41) is 13.8. The first kappa shape index (κ1) is 16.3. The first-order chi connectivity index (χ1) is 13.7. The van der Waals surface area contributed by atoms with Crippen LogP contribution in [0, 0.1) is 29.6 Å². The molecule has 6 nitrogen and oxygen atoms in total. The molecule has 0 aromatic carbocycles. The number of aliphatic imine (C=N–C) groups is 1. The molecule has 4 bridgehead atoms. The molecule has 4 saturated carbocycles. The van der Waals surface area contributed by atoms with Crippen LogP contribution in [0.5, 0.6) is 5.88 Å². The number of nitrogens with one attached hydrogen (secondary N) is 2. The van der Waals surface area contributed by atoms with E-state index in [0.29, 0.717) is 17.5 Å². The Kier molecular flexibility index (Phi) is 3.61. The highest BCUT2D eigenvalue weighted by molar-refractivity contribution is 6.20. The molecule has 4 aliphatic carbocycles. The van der Waals surface area contributed by atoms with Gasteiger partial charge in [-0.05, 0) is 79.9 Å². The summed E-state index contributed by atoms with van der Waals surface area (Å²) in [5.74, 6) is 5.89. The maximum Gasteiger partial charge on any atom is 0.238 e. The molecule has 0 unspecified atom stereocenters. The number of hydrogen-bond donors (Lipinski definition) is 3. The predicted molar refractivity (Wildman–Crippen MR) is 110 cm³/mol. The van der Waals surface area contributed by atoms with Crippen molar-refractivity contribution in [3.05, 3.63) is 29.6 Å². The van der Waals surface area contributed by atoms with Gasteiger partial charge in [0.15, 0.2) is 5.82 Å². The standard InChI is InChI=1S/C22H25N5O/c28-21-19(9-16-10-24-20-17(16)2-1-3-23-20)26-22(27-21)25-11-18-14-5-12-4-13(7-14)8-15(18)6-12/h1-3,9-10,12-15,18,28H,4-8,11H2,(H2,25,26,27). The van der Waals surface area contributed by atoms with Gasteiger partial charge in [-0.25, -0.2) is 9.98 Å². The average molecular weight is 375 g/mol. The lowest BCUT2D eigenvalue weighted by Crippen LogP contribution is -2.47. The molecule has 0 radical (unpaired) electrons. The Morgan fingerprint density at radius 3 is 2.71 bits per heavy atom. The largest absolute Gasteiger partial charge is 0.492 e. The Morgan fingerprint density at radius 1 is 1.14 bits per heavy atom. The van der Waals surface area contributed by atoms with Gasteiger partial charge >= 0.3 is 0 Å². The van der Waals surface area contributed by atoms with Gasteiger partial charge in [0.25, 0.3) is 0 Å². The Hall–Kier alpha value is -2.63. The number of imidazole rings is 1. The fourth-order valence-corrected chi connectivity index (χ4v) is 6.34. The van der Waals surface area contributed by atoms with E-state index in [1.54, 1.807) is 12.4 Å². The van der Waals surface area contributed by atoms with E-state index >= 15 is 0 Å². The highest BCUT2D eigenvalue weighted by Crippen LogP contribution is 2.56. The summed E-state index contributed by atoms with van der Waals surface area (Å²) >= 11 is 0. The Labute approximate surface area is 164 Å². The first-order valence-corrected chi connectivity index (χ1v) is 10.5. The monoisotopic (exact) mass is 375 g/mol. The minimum atomic E-state index is 0.0193. The molecule has 4 fully saturated rings. The Morgan fingerprint density at radius 2 is 1.93 bits per heavy atom. The quantitative estimate of drug-likeness (QED) is 0.746. The summed E-state index contributed by atoms with van der Waals surface area (Å²) in [4.78, 5) is 16.1. The highest BCUT2D eigenvalue weighted by Gasteiger charge is 2.47. The van der Waals surface area contributed by atoms with Crippen molar-refractivity contribution in [1.82, 2.24) is 15.0 Å². The van der Waals surface area contributed by atoms with Gasteiger partial charge in [-0.3, -0.25) is 0 Å². The normalized spacial score (nSPS) is 33.6. The molecule has 0 spiro atoms. The Balaban J connectivity index is 1.18. The molecule has 7 rings (SSSR count). The van der Waals surface area contributed by atoms with Crippen LogP contribution in [0.1, 0.15) is 43.4 Å². The van der Waals surface area contributed by atoms with E-state index in [1.165, 1.54) is 32.1 Å². The van der Waals surface area contributed by atoms with Crippen molar-refractivity contribution in [2.75, 3.05) is 11.9 Å². The van der Waals surface area contributed by atoms with E-state index < -0.39 is 0 Å². The van der Waals surface area contributed by atoms with Crippen LogP contribution < -0.4 is 5.32 Å². The third-order valence-electron chi connectivity index (χ3n) is 7.36. The van der Waals surface area contributed by atoms with E-state index in [-0.39, 0.29) is 5.88 Å². The van der Waals surface area contributed by atoms with Crippen molar-refractivity contribution >= 4 is 29.6 Å². The molecule has 2 aromatic heterocycles. The van der Waals surface area contributed by atoms with Gasteiger partial charge in [-0.1, -0.05) is 0 Å². The second-order valence-electron chi connectivity index (χ2n) is 9.03. The number of pyridine rings is 1. The molecule has 2 aromatic rings. The zero-order valence-corrected chi connectivity index (χ0v) is 15.8. The zero-order chi connectivity index (χ0) is 18.7. The fraction of sp³-hybridized carbons (Fsp3) is 0.500. The number of fused-ring (bicyclic) bond motifs is 1. The van der Waals surface area contributed by atoms with E-state index in [2.05, 4.69) is 25.3 Å². The molecule has 3 N–H and O–H groups in total. The van der Waals surface area contributed by atoms with Gasteiger partial charge in [0.05, 0.1) is 0 Å². The average Bonchev–Trinajstić information content (AvgIpc) is 3.25. The maximum atomic E-state index is 10.3. The summed E-state index contributed by atoms with van der Waals surface area (Å²) in [6.45, 7) is 0.950. The number of anilines is 1. The van der Waals surface area contributed by atoms with Crippen LogP contribution in [0.2, 0.25) is 0 Å². The van der Waals surface area contributed by atoms with Gasteiger partial charge in [0.1, 0.15) is 5.69 Å². The van der Waals surface area contributed by atoms with Crippen molar-refractivity contribution < 1.29 is 5.11 Å². The van der Waals surface area contributed by atoms with Crippen LogP contribution >= 0.6 is 0 Å². The molecule has 6 heteroatoms. The zero-order valence-electron chi connectivity index (χ0n) is 15.8. The SMILES string of the molecule is Oc1nc(NCC2C3CC4CC(C3)CC2C4)[nH]c1C=C1C=Nc2ncccc21. The van der Waals surface area contributed by atoms with Crippen LogP contribution in [0.25, 0.3) is 11.6 Å². The third kappa shape index (κ3) is 2.65. The van der Waals surface area contributed by atoms with E-state index in [0.717, 1.165) is 47.3 Å². The van der Waals surface area contributed by atoms with Crippen LogP contribution in [0.15, 0.2) is 23.3 Å². The Bertz CT molecular complexity index is 947. The number of aromatic amines is 1. The number of aromatic nitrogens is 3. The lowest BCUT2D eigenvalue weighted by Gasteiger charge is -2.54. The van der Waals surface area contributed by atoms with Crippen LogP contribution in [-0.2, 0) is 0 Å².